The van der Waals surface area contributed by atoms with Gasteiger partial charge in [-0.05, 0) is 55.7 Å². The summed E-state index contributed by atoms with van der Waals surface area (Å²) in [5, 5.41) is 7.57. The lowest BCUT2D eigenvalue weighted by atomic mass is 10.1. The Morgan fingerprint density at radius 1 is 1.10 bits per heavy atom. The number of aromatic nitrogens is 2. The van der Waals surface area contributed by atoms with Crippen LogP contribution in [0.1, 0.15) is 27.9 Å². The SMILES string of the molecule is Cc1ccc(NC(=O)COC(=O)/C=C/c2c(C)nn(Cc3ccccc3)c2Cl)cc1C. The van der Waals surface area contributed by atoms with E-state index in [0.29, 0.717) is 28.6 Å². The lowest BCUT2D eigenvalue weighted by Crippen LogP contribution is -2.20. The van der Waals surface area contributed by atoms with Crippen molar-refractivity contribution in [2.75, 3.05) is 11.9 Å². The number of rotatable bonds is 7. The van der Waals surface area contributed by atoms with Crippen LogP contribution in [0.3, 0.4) is 0 Å². The maximum atomic E-state index is 12.0. The van der Waals surface area contributed by atoms with E-state index in [-0.39, 0.29) is 6.61 Å². The summed E-state index contributed by atoms with van der Waals surface area (Å²) in [6.45, 7) is 5.92. The largest absolute Gasteiger partial charge is 0.452 e. The van der Waals surface area contributed by atoms with Gasteiger partial charge in [0, 0.05) is 17.3 Å². The number of nitrogens with one attached hydrogen (secondary N) is 1. The number of amides is 1. The van der Waals surface area contributed by atoms with Gasteiger partial charge in [-0.25, -0.2) is 9.48 Å². The first-order chi connectivity index (χ1) is 14.8. The van der Waals surface area contributed by atoms with Crippen molar-refractivity contribution in [2.24, 2.45) is 0 Å². The number of hydrogen-bond acceptors (Lipinski definition) is 4. The first-order valence-corrected chi connectivity index (χ1v) is 10.2. The molecule has 0 unspecified atom stereocenters. The van der Waals surface area contributed by atoms with Gasteiger partial charge in [-0.3, -0.25) is 4.79 Å². The van der Waals surface area contributed by atoms with E-state index in [9.17, 15) is 9.59 Å². The zero-order valence-electron chi connectivity index (χ0n) is 17.7. The van der Waals surface area contributed by atoms with Crippen LogP contribution in [0.5, 0.6) is 0 Å². The molecule has 2 aromatic carbocycles. The number of esters is 1. The fourth-order valence-electron chi connectivity index (χ4n) is 2.97. The molecular weight excluding hydrogens is 414 g/mol. The molecule has 1 aromatic heterocycles. The van der Waals surface area contributed by atoms with Gasteiger partial charge in [0.2, 0.25) is 0 Å². The van der Waals surface area contributed by atoms with Gasteiger partial charge in [0.15, 0.2) is 6.61 Å². The van der Waals surface area contributed by atoms with Crippen LogP contribution in [0.4, 0.5) is 5.69 Å². The minimum Gasteiger partial charge on any atom is -0.452 e. The Labute approximate surface area is 186 Å². The molecule has 0 saturated carbocycles. The Balaban J connectivity index is 1.56. The van der Waals surface area contributed by atoms with E-state index in [1.807, 2.05) is 63.2 Å². The molecular formula is C24H24ClN3O3. The van der Waals surface area contributed by atoms with Crippen molar-refractivity contribution >= 4 is 35.2 Å². The van der Waals surface area contributed by atoms with E-state index in [1.165, 1.54) is 6.08 Å². The van der Waals surface area contributed by atoms with Gasteiger partial charge in [0.05, 0.1) is 12.2 Å². The van der Waals surface area contributed by atoms with E-state index in [1.54, 1.807) is 16.8 Å². The van der Waals surface area contributed by atoms with Crippen LogP contribution < -0.4 is 5.32 Å². The lowest BCUT2D eigenvalue weighted by molar-refractivity contribution is -0.142. The van der Waals surface area contributed by atoms with Gasteiger partial charge in [-0.1, -0.05) is 48.0 Å². The monoisotopic (exact) mass is 437 g/mol. The van der Waals surface area contributed by atoms with Gasteiger partial charge in [0.1, 0.15) is 5.15 Å². The molecule has 0 aliphatic carbocycles. The number of carbonyl (C=O) groups is 2. The molecule has 0 radical (unpaired) electrons. The Hall–Kier alpha value is -3.38. The number of aryl methyl sites for hydroxylation is 3. The molecule has 0 saturated heterocycles. The first-order valence-electron chi connectivity index (χ1n) is 9.82. The van der Waals surface area contributed by atoms with Crippen molar-refractivity contribution in [1.29, 1.82) is 0 Å². The number of halogens is 1. The quantitative estimate of drug-likeness (QED) is 0.429. The number of ether oxygens (including phenoxy) is 1. The van der Waals surface area contributed by atoms with E-state index >= 15 is 0 Å². The predicted octanol–water partition coefficient (Wildman–Crippen LogP) is 4.71. The highest BCUT2D eigenvalue weighted by molar-refractivity contribution is 6.31. The van der Waals surface area contributed by atoms with Gasteiger partial charge in [0.25, 0.3) is 5.91 Å². The molecule has 31 heavy (non-hydrogen) atoms. The standard InChI is InChI=1S/C24H24ClN3O3/c1-16-9-10-20(13-17(16)2)26-22(29)15-31-23(30)12-11-21-18(3)27-28(24(21)25)14-19-7-5-4-6-8-19/h4-13H,14-15H2,1-3H3,(H,26,29)/b12-11+. The number of carbonyl (C=O) groups excluding carboxylic acids is 2. The fraction of sp³-hybridized carbons (Fsp3) is 0.208. The average molecular weight is 438 g/mol. The predicted molar refractivity (Wildman–Crippen MR) is 122 cm³/mol. The second-order valence-corrected chi connectivity index (χ2v) is 7.58. The van der Waals surface area contributed by atoms with Crippen LogP contribution in [0.15, 0.2) is 54.6 Å². The highest BCUT2D eigenvalue weighted by Crippen LogP contribution is 2.22. The van der Waals surface area contributed by atoms with Crippen LogP contribution >= 0.6 is 11.6 Å². The van der Waals surface area contributed by atoms with Gasteiger partial charge in [-0.15, -0.1) is 0 Å². The van der Waals surface area contributed by atoms with E-state index in [4.69, 9.17) is 16.3 Å². The molecule has 0 spiro atoms. The molecule has 3 aromatic rings. The summed E-state index contributed by atoms with van der Waals surface area (Å²) in [5.74, 6) is -1.04. The summed E-state index contributed by atoms with van der Waals surface area (Å²) in [6.07, 6.45) is 2.79. The van der Waals surface area contributed by atoms with Gasteiger partial charge >= 0.3 is 5.97 Å². The molecule has 6 nitrogen and oxygen atoms in total. The molecule has 1 N–H and O–H groups in total. The topological polar surface area (TPSA) is 73.2 Å². The maximum absolute atomic E-state index is 12.0. The summed E-state index contributed by atoms with van der Waals surface area (Å²) >= 11 is 6.44. The van der Waals surface area contributed by atoms with Crippen molar-refractivity contribution in [3.05, 3.63) is 87.7 Å². The second kappa shape index (κ2) is 10.1. The van der Waals surface area contributed by atoms with Crippen LogP contribution in [-0.2, 0) is 20.9 Å². The Kier molecular flexibility index (Phi) is 7.26. The number of hydrogen-bond donors (Lipinski definition) is 1. The molecule has 1 heterocycles. The second-order valence-electron chi connectivity index (χ2n) is 7.22. The van der Waals surface area contributed by atoms with Crippen LogP contribution in [-0.4, -0.2) is 28.3 Å². The maximum Gasteiger partial charge on any atom is 0.331 e. The third-order valence-electron chi connectivity index (χ3n) is 4.81. The zero-order chi connectivity index (χ0) is 22.4. The molecule has 1 amide bonds. The first kappa shape index (κ1) is 22.3. The Bertz CT molecular complexity index is 1120. The molecule has 3 rings (SSSR count). The number of nitrogens with zero attached hydrogens (tertiary/aromatic N) is 2. The van der Waals surface area contributed by atoms with E-state index < -0.39 is 11.9 Å². The molecule has 0 atom stereocenters. The normalized spacial score (nSPS) is 11.0. The van der Waals surface area contributed by atoms with E-state index in [2.05, 4.69) is 10.4 Å². The summed E-state index contributed by atoms with van der Waals surface area (Å²) in [7, 11) is 0. The zero-order valence-corrected chi connectivity index (χ0v) is 18.4. The number of anilines is 1. The minimum atomic E-state index is -0.637. The van der Waals surface area contributed by atoms with Crippen LogP contribution in [0.2, 0.25) is 5.15 Å². The summed E-state index contributed by atoms with van der Waals surface area (Å²) in [4.78, 5) is 24.1. The van der Waals surface area contributed by atoms with Crippen molar-refractivity contribution < 1.29 is 14.3 Å². The molecule has 0 aliphatic rings. The van der Waals surface area contributed by atoms with Crippen molar-refractivity contribution in [2.45, 2.75) is 27.3 Å². The Morgan fingerprint density at radius 2 is 1.84 bits per heavy atom. The van der Waals surface area contributed by atoms with Crippen LogP contribution in [0, 0.1) is 20.8 Å². The van der Waals surface area contributed by atoms with E-state index in [0.717, 1.165) is 16.7 Å². The Morgan fingerprint density at radius 3 is 2.55 bits per heavy atom. The average Bonchev–Trinajstić information content (AvgIpc) is 3.01. The molecule has 0 aliphatic heterocycles. The van der Waals surface area contributed by atoms with Crippen molar-refractivity contribution in [1.82, 2.24) is 9.78 Å². The van der Waals surface area contributed by atoms with Gasteiger partial charge in [-0.2, -0.15) is 5.10 Å². The molecule has 0 fully saturated rings. The minimum absolute atomic E-state index is 0.379. The molecule has 160 valence electrons. The van der Waals surface area contributed by atoms with Crippen LogP contribution in [0.25, 0.3) is 6.08 Å². The third kappa shape index (κ3) is 6.06. The summed E-state index contributed by atoms with van der Waals surface area (Å²) in [5.41, 5.74) is 5.25. The van der Waals surface area contributed by atoms with Crippen molar-refractivity contribution in [3.63, 3.8) is 0 Å². The van der Waals surface area contributed by atoms with Gasteiger partial charge < -0.3 is 10.1 Å². The summed E-state index contributed by atoms with van der Waals surface area (Å²) in [6, 6.07) is 15.4. The summed E-state index contributed by atoms with van der Waals surface area (Å²) < 4.78 is 6.70. The number of benzene rings is 2. The fourth-order valence-corrected chi connectivity index (χ4v) is 3.27. The lowest BCUT2D eigenvalue weighted by Gasteiger charge is -2.07. The third-order valence-corrected chi connectivity index (χ3v) is 5.21. The van der Waals surface area contributed by atoms with Crippen molar-refractivity contribution in [3.8, 4) is 0 Å². The highest BCUT2D eigenvalue weighted by atomic mass is 35.5. The molecule has 0 bridgehead atoms. The molecule has 7 heteroatoms. The highest BCUT2D eigenvalue weighted by Gasteiger charge is 2.12. The smallest absolute Gasteiger partial charge is 0.331 e.